The predicted octanol–water partition coefficient (Wildman–Crippen LogP) is 1.94. The van der Waals surface area contributed by atoms with Crippen molar-refractivity contribution in [1.82, 2.24) is 15.2 Å². The minimum Gasteiger partial charge on any atom is -0.358 e. The minimum absolute atomic E-state index is 0.0470. The van der Waals surface area contributed by atoms with Crippen molar-refractivity contribution in [1.29, 1.82) is 0 Å². The normalized spacial score (nSPS) is 19.6. The van der Waals surface area contributed by atoms with Gasteiger partial charge in [0.15, 0.2) is 0 Å². The van der Waals surface area contributed by atoms with Crippen molar-refractivity contribution in [3.63, 3.8) is 0 Å². The Bertz CT molecular complexity index is 787. The van der Waals surface area contributed by atoms with Crippen molar-refractivity contribution in [3.8, 4) is 11.3 Å². The Morgan fingerprint density at radius 3 is 2.69 bits per heavy atom. The molecule has 6 nitrogen and oxygen atoms in total. The molecular weight excluding hydrogens is 352 g/mol. The Labute approximate surface area is 157 Å². The highest BCUT2D eigenvalue weighted by molar-refractivity contribution is 6.30. The molecule has 0 bridgehead atoms. The number of amides is 2. The van der Waals surface area contributed by atoms with Crippen LogP contribution in [0.3, 0.4) is 0 Å². The highest BCUT2D eigenvalue weighted by Gasteiger charge is 2.37. The van der Waals surface area contributed by atoms with Gasteiger partial charge >= 0.3 is 0 Å². The first-order valence-corrected chi connectivity index (χ1v) is 9.06. The molecule has 1 fully saturated rings. The van der Waals surface area contributed by atoms with Gasteiger partial charge in [0.25, 0.3) is 0 Å². The summed E-state index contributed by atoms with van der Waals surface area (Å²) in [5.74, 6) is -0.203. The molecule has 0 saturated carbocycles. The molecule has 1 aromatic carbocycles. The van der Waals surface area contributed by atoms with E-state index in [1.807, 2.05) is 36.4 Å². The van der Waals surface area contributed by atoms with Gasteiger partial charge in [-0.05, 0) is 42.7 Å². The molecule has 2 atom stereocenters. The average molecular weight is 375 g/mol. The van der Waals surface area contributed by atoms with Crippen molar-refractivity contribution in [2.24, 2.45) is 5.73 Å². The second kappa shape index (κ2) is 7.93. The van der Waals surface area contributed by atoms with Gasteiger partial charge in [-0.3, -0.25) is 9.59 Å². The third-order valence-electron chi connectivity index (χ3n) is 4.71. The van der Waals surface area contributed by atoms with Crippen LogP contribution in [0.15, 0.2) is 36.4 Å². The number of aromatic nitrogens is 1. The van der Waals surface area contributed by atoms with Gasteiger partial charge in [-0.15, -0.1) is 0 Å². The molecule has 4 N–H and O–H groups in total. The van der Waals surface area contributed by atoms with E-state index in [9.17, 15) is 9.59 Å². The number of hydrogen-bond acceptors (Lipinski definition) is 3. The summed E-state index contributed by atoms with van der Waals surface area (Å²) in [5.41, 5.74) is 8.94. The molecule has 0 radical (unpaired) electrons. The molecule has 3 rings (SSSR count). The van der Waals surface area contributed by atoms with E-state index in [0.717, 1.165) is 17.0 Å². The van der Waals surface area contributed by atoms with Crippen molar-refractivity contribution < 1.29 is 9.59 Å². The number of H-pyrrole nitrogens is 1. The number of carbonyl (C=O) groups excluding carboxylic acids is 2. The number of aryl methyl sites for hydroxylation is 1. The van der Waals surface area contributed by atoms with Gasteiger partial charge in [0.2, 0.25) is 11.8 Å². The first-order chi connectivity index (χ1) is 12.5. The van der Waals surface area contributed by atoms with E-state index in [1.54, 1.807) is 11.9 Å². The highest BCUT2D eigenvalue weighted by atomic mass is 35.5. The molecule has 138 valence electrons. The third kappa shape index (κ3) is 4.08. The Hall–Kier alpha value is -2.31. The van der Waals surface area contributed by atoms with E-state index in [4.69, 9.17) is 17.3 Å². The Morgan fingerprint density at radius 2 is 2.00 bits per heavy atom. The number of nitrogens with zero attached hydrogens (tertiary/aromatic N) is 1. The summed E-state index contributed by atoms with van der Waals surface area (Å²) in [4.78, 5) is 29.5. The van der Waals surface area contributed by atoms with E-state index >= 15 is 0 Å². The van der Waals surface area contributed by atoms with E-state index < -0.39 is 6.04 Å². The number of likely N-dealkylation sites (N-methyl/N-ethyl adjacent to an activating group) is 1. The predicted molar refractivity (Wildman–Crippen MR) is 102 cm³/mol. The largest absolute Gasteiger partial charge is 0.358 e. The van der Waals surface area contributed by atoms with Crippen molar-refractivity contribution in [2.45, 2.75) is 31.3 Å². The average Bonchev–Trinajstić information content (AvgIpc) is 3.26. The van der Waals surface area contributed by atoms with E-state index in [2.05, 4.69) is 10.3 Å². The molecule has 26 heavy (non-hydrogen) atoms. The highest BCUT2D eigenvalue weighted by Crippen LogP contribution is 2.22. The molecular formula is C19H23ClN4O2. The number of nitrogens with one attached hydrogen (secondary N) is 2. The van der Waals surface area contributed by atoms with E-state index in [0.29, 0.717) is 30.8 Å². The number of nitrogens with two attached hydrogens (primary N) is 1. The first-order valence-electron chi connectivity index (χ1n) is 8.68. The fourth-order valence-electron chi connectivity index (χ4n) is 3.33. The van der Waals surface area contributed by atoms with Crippen molar-refractivity contribution in [3.05, 3.63) is 47.1 Å². The summed E-state index contributed by atoms with van der Waals surface area (Å²) in [6, 6.07) is 10.9. The smallest absolute Gasteiger partial charge is 0.242 e. The molecule has 7 heteroatoms. The molecule has 2 amide bonds. The summed E-state index contributed by atoms with van der Waals surface area (Å²) in [5, 5.41) is 3.30. The zero-order chi connectivity index (χ0) is 18.7. The monoisotopic (exact) mass is 374 g/mol. The molecule has 0 spiro atoms. The minimum atomic E-state index is -0.462. The molecule has 1 aromatic heterocycles. The lowest BCUT2D eigenvalue weighted by Crippen LogP contribution is -2.45. The van der Waals surface area contributed by atoms with Crippen LogP contribution in [0.2, 0.25) is 5.02 Å². The number of carbonyl (C=O) groups is 2. The van der Waals surface area contributed by atoms with Gasteiger partial charge in [0.05, 0.1) is 0 Å². The molecule has 1 aliphatic heterocycles. The van der Waals surface area contributed by atoms with Gasteiger partial charge in [-0.1, -0.05) is 23.7 Å². The van der Waals surface area contributed by atoms with Crippen LogP contribution in [-0.2, 0) is 16.0 Å². The second-order valence-corrected chi connectivity index (χ2v) is 7.01. The molecule has 1 saturated heterocycles. The fourth-order valence-corrected chi connectivity index (χ4v) is 3.45. The molecule has 1 aliphatic rings. The van der Waals surface area contributed by atoms with Crippen LogP contribution in [0.4, 0.5) is 0 Å². The lowest BCUT2D eigenvalue weighted by molar-refractivity contribution is -0.138. The molecule has 0 aliphatic carbocycles. The first kappa shape index (κ1) is 18.5. The van der Waals surface area contributed by atoms with Gasteiger partial charge in [-0.25, -0.2) is 0 Å². The van der Waals surface area contributed by atoms with E-state index in [1.165, 1.54) is 0 Å². The van der Waals surface area contributed by atoms with Crippen molar-refractivity contribution in [2.75, 3.05) is 13.6 Å². The van der Waals surface area contributed by atoms with Crippen LogP contribution < -0.4 is 11.1 Å². The Balaban J connectivity index is 1.61. The van der Waals surface area contributed by atoms with Gasteiger partial charge in [-0.2, -0.15) is 0 Å². The standard InChI is InChI=1S/C19H23ClN4O2/c1-22-19(26)17-10-14(21)11-24(17)18(25)9-7-15-6-8-16(23-15)12-2-4-13(20)5-3-12/h2-6,8,14,17,23H,7,9-11,21H2,1H3,(H,22,26)/t14-,17-/m0/s1. The number of benzene rings is 1. The summed E-state index contributed by atoms with van der Waals surface area (Å²) in [6.07, 6.45) is 1.42. The van der Waals surface area contributed by atoms with Gasteiger partial charge in [0.1, 0.15) is 6.04 Å². The maximum atomic E-state index is 12.6. The summed E-state index contributed by atoms with van der Waals surface area (Å²) in [7, 11) is 1.58. The van der Waals surface area contributed by atoms with E-state index in [-0.39, 0.29) is 17.9 Å². The molecule has 2 aromatic rings. The number of hydrogen-bond donors (Lipinski definition) is 3. The number of aromatic amines is 1. The second-order valence-electron chi connectivity index (χ2n) is 6.58. The summed E-state index contributed by atoms with van der Waals surface area (Å²) in [6.45, 7) is 0.428. The van der Waals surface area contributed by atoms with Crippen LogP contribution in [0.25, 0.3) is 11.3 Å². The lowest BCUT2D eigenvalue weighted by Gasteiger charge is -2.23. The topological polar surface area (TPSA) is 91.2 Å². The van der Waals surface area contributed by atoms with Crippen molar-refractivity contribution >= 4 is 23.4 Å². The molecule has 0 unspecified atom stereocenters. The number of likely N-dealkylation sites (tertiary alicyclic amines) is 1. The molecule has 2 heterocycles. The lowest BCUT2D eigenvalue weighted by atomic mass is 10.1. The zero-order valence-electron chi connectivity index (χ0n) is 14.7. The SMILES string of the molecule is CNC(=O)[C@@H]1C[C@H](N)CN1C(=O)CCc1ccc(-c2ccc(Cl)cc2)[nH]1. The maximum Gasteiger partial charge on any atom is 0.242 e. The Kier molecular flexibility index (Phi) is 5.64. The van der Waals surface area contributed by atoms with Gasteiger partial charge < -0.3 is 20.9 Å². The van der Waals surface area contributed by atoms with Gasteiger partial charge in [0, 0.05) is 42.5 Å². The quantitative estimate of drug-likeness (QED) is 0.746. The zero-order valence-corrected chi connectivity index (χ0v) is 15.4. The maximum absolute atomic E-state index is 12.6. The van der Waals surface area contributed by atoms with Crippen LogP contribution in [-0.4, -0.2) is 47.4 Å². The summed E-state index contributed by atoms with van der Waals surface area (Å²) >= 11 is 5.92. The Morgan fingerprint density at radius 1 is 1.27 bits per heavy atom. The van der Waals surface area contributed by atoms with Crippen LogP contribution in [0, 0.1) is 0 Å². The summed E-state index contributed by atoms with van der Waals surface area (Å²) < 4.78 is 0. The fraction of sp³-hybridized carbons (Fsp3) is 0.368. The number of rotatable bonds is 5. The van der Waals surface area contributed by atoms with Crippen LogP contribution in [0.5, 0.6) is 0 Å². The van der Waals surface area contributed by atoms with Crippen LogP contribution in [0.1, 0.15) is 18.5 Å². The number of halogens is 1. The van der Waals surface area contributed by atoms with Crippen LogP contribution >= 0.6 is 11.6 Å². The third-order valence-corrected chi connectivity index (χ3v) is 4.96.